The van der Waals surface area contributed by atoms with Crippen LogP contribution in [0.25, 0.3) is 0 Å². The molecule has 1 aromatic rings. The molecule has 1 aromatic carbocycles. The molecule has 0 radical (unpaired) electrons. The Labute approximate surface area is 176 Å². The van der Waals surface area contributed by atoms with Crippen molar-refractivity contribution in [2.45, 2.75) is 74.7 Å². The summed E-state index contributed by atoms with van der Waals surface area (Å²) >= 11 is 0. The second-order valence-corrected chi connectivity index (χ2v) is 9.93. The number of carbonyl (C=O) groups excluding carboxylic acids is 2. The summed E-state index contributed by atoms with van der Waals surface area (Å²) in [4.78, 5) is 25.7. The van der Waals surface area contributed by atoms with Crippen LogP contribution in [0.5, 0.6) is 5.75 Å². The average molecular weight is 412 g/mol. The number of rotatable bonds is 5. The highest BCUT2D eigenvalue weighted by Gasteiger charge is 2.73. The van der Waals surface area contributed by atoms with Crippen LogP contribution in [0.15, 0.2) is 12.1 Å². The van der Waals surface area contributed by atoms with E-state index >= 15 is 0 Å². The van der Waals surface area contributed by atoms with Gasteiger partial charge in [0.1, 0.15) is 11.9 Å². The molecule has 2 aliphatic heterocycles. The van der Waals surface area contributed by atoms with Gasteiger partial charge in [-0.15, -0.1) is 0 Å². The van der Waals surface area contributed by atoms with E-state index in [9.17, 15) is 14.7 Å². The summed E-state index contributed by atoms with van der Waals surface area (Å²) < 4.78 is 6.56. The standard InChI is InChI=1S/C23H29N3O4/c1-13(28)25-17-6-7-23(29)18-10-15-4-5-16(24-12-27)20-19(15)22(23,21(17)30-20)8-9-26(18)11-14-2-3-14/h4-5,12,14,17-18,21,29H,2-3,6-11H2,1H3,(H,24,27)(H,25,28)/t17?,18-,21?,22+,23-/m1/s1. The third-order valence-electron chi connectivity index (χ3n) is 8.39. The van der Waals surface area contributed by atoms with E-state index in [4.69, 9.17) is 4.74 Å². The molecule has 3 aliphatic carbocycles. The normalized spacial score (nSPS) is 38.4. The molecule has 2 amide bonds. The number of benzene rings is 1. The Morgan fingerprint density at radius 3 is 2.90 bits per heavy atom. The molecule has 3 N–H and O–H groups in total. The molecule has 5 atom stereocenters. The van der Waals surface area contributed by atoms with E-state index in [1.165, 1.54) is 25.3 Å². The molecule has 2 unspecified atom stereocenters. The summed E-state index contributed by atoms with van der Waals surface area (Å²) in [5.41, 5.74) is 1.49. The van der Waals surface area contributed by atoms with Gasteiger partial charge in [-0.1, -0.05) is 6.07 Å². The molecule has 160 valence electrons. The minimum Gasteiger partial charge on any atom is -0.485 e. The van der Waals surface area contributed by atoms with Crippen LogP contribution in [-0.2, 0) is 21.4 Å². The Morgan fingerprint density at radius 1 is 1.33 bits per heavy atom. The lowest BCUT2D eigenvalue weighted by Crippen LogP contribution is -2.78. The van der Waals surface area contributed by atoms with Crippen LogP contribution < -0.4 is 15.4 Å². The van der Waals surface area contributed by atoms with Crippen LogP contribution >= 0.6 is 0 Å². The van der Waals surface area contributed by atoms with Gasteiger partial charge in [0.2, 0.25) is 12.3 Å². The highest BCUT2D eigenvalue weighted by molar-refractivity contribution is 5.80. The number of nitrogens with zero attached hydrogens (tertiary/aromatic N) is 1. The number of nitrogens with one attached hydrogen (secondary N) is 2. The van der Waals surface area contributed by atoms with Gasteiger partial charge in [-0.2, -0.15) is 0 Å². The SMILES string of the molecule is CC(=O)NC1CC[C@@]2(O)[C@H]3Cc4ccc(NC=O)c5c4[C@@]2(CCN3CC2CC2)C1O5. The van der Waals surface area contributed by atoms with Crippen molar-refractivity contribution in [2.24, 2.45) is 5.92 Å². The van der Waals surface area contributed by atoms with Crippen molar-refractivity contribution in [2.75, 3.05) is 18.4 Å². The lowest BCUT2D eigenvalue weighted by Gasteiger charge is -2.64. The quantitative estimate of drug-likeness (QED) is 0.636. The van der Waals surface area contributed by atoms with Gasteiger partial charge in [0.25, 0.3) is 0 Å². The van der Waals surface area contributed by atoms with Gasteiger partial charge < -0.3 is 20.5 Å². The lowest BCUT2D eigenvalue weighted by molar-refractivity contribution is -0.192. The highest BCUT2D eigenvalue weighted by Crippen LogP contribution is 2.65. The summed E-state index contributed by atoms with van der Waals surface area (Å²) in [7, 11) is 0. The fourth-order valence-electron chi connectivity index (χ4n) is 7.08. The minimum atomic E-state index is -0.891. The molecule has 7 heteroatoms. The van der Waals surface area contributed by atoms with E-state index in [2.05, 4.69) is 21.6 Å². The lowest BCUT2D eigenvalue weighted by atomic mass is 9.48. The minimum absolute atomic E-state index is 0.0690. The summed E-state index contributed by atoms with van der Waals surface area (Å²) in [6, 6.07) is 3.92. The first-order valence-electron chi connectivity index (χ1n) is 11.2. The summed E-state index contributed by atoms with van der Waals surface area (Å²) in [6.07, 6.45) is 5.88. The van der Waals surface area contributed by atoms with Gasteiger partial charge in [0.15, 0.2) is 0 Å². The topological polar surface area (TPSA) is 90.9 Å². The number of likely N-dealkylation sites (tertiary alicyclic amines) is 1. The number of ether oxygens (including phenoxy) is 1. The van der Waals surface area contributed by atoms with Crippen LogP contribution in [0.2, 0.25) is 0 Å². The van der Waals surface area contributed by atoms with Crippen LogP contribution in [-0.4, -0.2) is 59.2 Å². The number of anilines is 1. The van der Waals surface area contributed by atoms with Gasteiger partial charge >= 0.3 is 0 Å². The van der Waals surface area contributed by atoms with Crippen molar-refractivity contribution in [1.82, 2.24) is 10.2 Å². The molecule has 1 saturated heterocycles. The Hall–Kier alpha value is -2.12. The molecule has 2 heterocycles. The molecular formula is C23H29N3O4. The number of aliphatic hydroxyl groups is 1. The van der Waals surface area contributed by atoms with Crippen molar-refractivity contribution in [3.8, 4) is 5.75 Å². The molecule has 1 spiro atoms. The first-order valence-corrected chi connectivity index (χ1v) is 11.2. The van der Waals surface area contributed by atoms with E-state index in [0.717, 1.165) is 37.4 Å². The zero-order valence-electron chi connectivity index (χ0n) is 17.3. The van der Waals surface area contributed by atoms with Crippen molar-refractivity contribution >= 4 is 18.0 Å². The van der Waals surface area contributed by atoms with Crippen LogP contribution in [0.1, 0.15) is 50.2 Å². The van der Waals surface area contributed by atoms with E-state index in [0.29, 0.717) is 30.7 Å². The van der Waals surface area contributed by atoms with Crippen molar-refractivity contribution in [3.05, 3.63) is 23.3 Å². The van der Waals surface area contributed by atoms with Gasteiger partial charge in [-0.25, -0.2) is 0 Å². The first-order chi connectivity index (χ1) is 14.5. The maximum Gasteiger partial charge on any atom is 0.217 e. The van der Waals surface area contributed by atoms with E-state index in [-0.39, 0.29) is 24.1 Å². The molecule has 7 nitrogen and oxygen atoms in total. The van der Waals surface area contributed by atoms with Crippen LogP contribution in [0, 0.1) is 5.92 Å². The number of hydrogen-bond acceptors (Lipinski definition) is 5. The fraction of sp³-hybridized carbons (Fsp3) is 0.652. The molecule has 6 rings (SSSR count). The zero-order chi connectivity index (χ0) is 20.7. The van der Waals surface area contributed by atoms with Crippen molar-refractivity contribution < 1.29 is 19.4 Å². The summed E-state index contributed by atoms with van der Waals surface area (Å²) in [5.74, 6) is 1.38. The predicted octanol–water partition coefficient (Wildman–Crippen LogP) is 1.32. The Morgan fingerprint density at radius 2 is 2.17 bits per heavy atom. The van der Waals surface area contributed by atoms with E-state index < -0.39 is 11.0 Å². The van der Waals surface area contributed by atoms with Crippen LogP contribution in [0.4, 0.5) is 5.69 Å². The second-order valence-electron chi connectivity index (χ2n) is 9.93. The van der Waals surface area contributed by atoms with Gasteiger partial charge in [0, 0.05) is 25.1 Å². The summed E-state index contributed by atoms with van der Waals surface area (Å²) in [5, 5.41) is 18.2. The maximum atomic E-state index is 12.4. The fourth-order valence-corrected chi connectivity index (χ4v) is 7.08. The first kappa shape index (κ1) is 18.6. The Bertz CT molecular complexity index is 931. The maximum absolute atomic E-state index is 12.4. The molecule has 30 heavy (non-hydrogen) atoms. The van der Waals surface area contributed by atoms with E-state index in [1.54, 1.807) is 0 Å². The average Bonchev–Trinajstić information content (AvgIpc) is 3.44. The molecule has 5 aliphatic rings. The van der Waals surface area contributed by atoms with Gasteiger partial charge in [-0.05, 0) is 62.6 Å². The molecule has 2 saturated carbocycles. The molecule has 3 fully saturated rings. The van der Waals surface area contributed by atoms with Crippen LogP contribution in [0.3, 0.4) is 0 Å². The number of amides is 2. The molecular weight excluding hydrogens is 382 g/mol. The molecule has 2 bridgehead atoms. The second kappa shape index (κ2) is 6.20. The van der Waals surface area contributed by atoms with E-state index in [1.807, 2.05) is 6.07 Å². The third-order valence-corrected chi connectivity index (χ3v) is 8.39. The summed E-state index contributed by atoms with van der Waals surface area (Å²) in [6.45, 7) is 3.53. The predicted molar refractivity (Wildman–Crippen MR) is 110 cm³/mol. The number of piperidine rings is 1. The van der Waals surface area contributed by atoms with Crippen molar-refractivity contribution in [1.29, 1.82) is 0 Å². The molecule has 0 aromatic heterocycles. The highest BCUT2D eigenvalue weighted by atomic mass is 16.5. The smallest absolute Gasteiger partial charge is 0.217 e. The van der Waals surface area contributed by atoms with Gasteiger partial charge in [-0.3, -0.25) is 14.5 Å². The van der Waals surface area contributed by atoms with Crippen molar-refractivity contribution in [3.63, 3.8) is 0 Å². The largest absolute Gasteiger partial charge is 0.485 e. The third kappa shape index (κ3) is 2.28. The number of carbonyl (C=O) groups is 2. The Balaban J connectivity index is 1.52. The zero-order valence-corrected chi connectivity index (χ0v) is 17.3. The monoisotopic (exact) mass is 411 g/mol. The van der Waals surface area contributed by atoms with Gasteiger partial charge in [0.05, 0.1) is 22.7 Å². The Kier molecular flexibility index (Phi) is 3.85. The number of hydrogen-bond donors (Lipinski definition) is 3.